The summed E-state index contributed by atoms with van der Waals surface area (Å²) < 4.78 is 18.1. The number of ether oxygens (including phenoxy) is 3. The predicted molar refractivity (Wildman–Crippen MR) is 60.2 cm³/mol. The Balaban J connectivity index is 1.73. The zero-order chi connectivity index (χ0) is 11.0. The maximum Gasteiger partial charge on any atom is 0.169 e. The summed E-state index contributed by atoms with van der Waals surface area (Å²) in [6.45, 7) is 3.78. The van der Waals surface area contributed by atoms with Crippen molar-refractivity contribution >= 4 is 0 Å². The standard InChI is InChI=1S/C13H22O3/c1-2-10-8-14-9-11-12(10)16-13(15-11)6-4-3-5-7-13/h10-12H,2-9H2,1H3. The van der Waals surface area contributed by atoms with Gasteiger partial charge in [0.2, 0.25) is 0 Å². The summed E-state index contributed by atoms with van der Waals surface area (Å²) in [4.78, 5) is 0. The molecule has 2 aliphatic heterocycles. The average Bonchev–Trinajstić information content (AvgIpc) is 2.67. The number of hydrogen-bond acceptors (Lipinski definition) is 3. The highest BCUT2D eigenvalue weighted by molar-refractivity contribution is 4.92. The largest absolute Gasteiger partial charge is 0.378 e. The molecule has 2 saturated heterocycles. The van der Waals surface area contributed by atoms with Crippen molar-refractivity contribution in [3.05, 3.63) is 0 Å². The molecule has 2 heterocycles. The van der Waals surface area contributed by atoms with Gasteiger partial charge < -0.3 is 14.2 Å². The molecule has 0 radical (unpaired) electrons. The molecule has 0 aromatic carbocycles. The summed E-state index contributed by atoms with van der Waals surface area (Å²) in [6.07, 6.45) is 7.59. The number of hydrogen-bond donors (Lipinski definition) is 0. The normalized spacial score (nSPS) is 42.2. The van der Waals surface area contributed by atoms with Gasteiger partial charge in [0.05, 0.1) is 19.3 Å². The van der Waals surface area contributed by atoms with Crippen LogP contribution in [0.4, 0.5) is 0 Å². The second-order valence-corrected chi connectivity index (χ2v) is 5.42. The van der Waals surface area contributed by atoms with Gasteiger partial charge in [-0.15, -0.1) is 0 Å². The lowest BCUT2D eigenvalue weighted by Gasteiger charge is -2.32. The molecule has 3 nitrogen and oxygen atoms in total. The molecule has 1 aliphatic carbocycles. The Morgan fingerprint density at radius 2 is 1.88 bits per heavy atom. The van der Waals surface area contributed by atoms with E-state index in [9.17, 15) is 0 Å². The van der Waals surface area contributed by atoms with E-state index in [0.29, 0.717) is 5.92 Å². The fraction of sp³-hybridized carbons (Fsp3) is 1.00. The van der Waals surface area contributed by atoms with Crippen molar-refractivity contribution in [1.82, 2.24) is 0 Å². The molecule has 0 amide bonds. The van der Waals surface area contributed by atoms with Gasteiger partial charge in [-0.2, -0.15) is 0 Å². The van der Waals surface area contributed by atoms with Crippen molar-refractivity contribution in [3.63, 3.8) is 0 Å². The van der Waals surface area contributed by atoms with Crippen molar-refractivity contribution in [2.24, 2.45) is 5.92 Å². The van der Waals surface area contributed by atoms with Crippen molar-refractivity contribution < 1.29 is 14.2 Å². The molecule has 0 aromatic rings. The van der Waals surface area contributed by atoms with Crippen LogP contribution in [-0.4, -0.2) is 31.2 Å². The minimum atomic E-state index is -0.241. The molecular formula is C13H22O3. The van der Waals surface area contributed by atoms with Gasteiger partial charge in [-0.1, -0.05) is 13.3 Å². The van der Waals surface area contributed by atoms with Crippen molar-refractivity contribution in [2.75, 3.05) is 13.2 Å². The molecule has 3 unspecified atom stereocenters. The first-order chi connectivity index (χ1) is 7.83. The fourth-order valence-electron chi connectivity index (χ4n) is 3.33. The lowest BCUT2D eigenvalue weighted by atomic mass is 9.93. The molecule has 3 heteroatoms. The third kappa shape index (κ3) is 1.79. The lowest BCUT2D eigenvalue weighted by Crippen LogP contribution is -2.41. The van der Waals surface area contributed by atoms with Crippen molar-refractivity contribution in [3.8, 4) is 0 Å². The third-order valence-electron chi connectivity index (χ3n) is 4.30. The number of fused-ring (bicyclic) bond motifs is 1. The van der Waals surface area contributed by atoms with E-state index < -0.39 is 0 Å². The van der Waals surface area contributed by atoms with Crippen LogP contribution in [0.1, 0.15) is 45.4 Å². The summed E-state index contributed by atoms with van der Waals surface area (Å²) >= 11 is 0. The van der Waals surface area contributed by atoms with Gasteiger partial charge in [-0.05, 0) is 19.3 Å². The van der Waals surface area contributed by atoms with E-state index in [4.69, 9.17) is 14.2 Å². The van der Waals surface area contributed by atoms with E-state index >= 15 is 0 Å². The van der Waals surface area contributed by atoms with E-state index in [0.717, 1.165) is 32.5 Å². The van der Waals surface area contributed by atoms with Gasteiger partial charge in [0.25, 0.3) is 0 Å². The highest BCUT2D eigenvalue weighted by atomic mass is 16.8. The van der Waals surface area contributed by atoms with Crippen LogP contribution >= 0.6 is 0 Å². The van der Waals surface area contributed by atoms with Crippen molar-refractivity contribution in [2.45, 2.75) is 63.4 Å². The van der Waals surface area contributed by atoms with Crippen LogP contribution < -0.4 is 0 Å². The van der Waals surface area contributed by atoms with E-state index in [1.54, 1.807) is 0 Å². The quantitative estimate of drug-likeness (QED) is 0.687. The van der Waals surface area contributed by atoms with Crippen LogP contribution in [0.25, 0.3) is 0 Å². The van der Waals surface area contributed by atoms with Crippen LogP contribution in [0.3, 0.4) is 0 Å². The Bertz CT molecular complexity index is 248. The maximum atomic E-state index is 6.30. The van der Waals surface area contributed by atoms with E-state index in [2.05, 4.69) is 6.92 Å². The van der Waals surface area contributed by atoms with Gasteiger partial charge in [0.1, 0.15) is 6.10 Å². The molecule has 0 aromatic heterocycles. The molecule has 1 saturated carbocycles. The third-order valence-corrected chi connectivity index (χ3v) is 4.30. The van der Waals surface area contributed by atoms with Crippen LogP contribution in [0.2, 0.25) is 0 Å². The monoisotopic (exact) mass is 226 g/mol. The molecule has 0 N–H and O–H groups in total. The second kappa shape index (κ2) is 4.28. The van der Waals surface area contributed by atoms with Gasteiger partial charge in [-0.3, -0.25) is 0 Å². The summed E-state index contributed by atoms with van der Waals surface area (Å²) in [7, 11) is 0. The molecule has 3 atom stereocenters. The Morgan fingerprint density at radius 3 is 2.62 bits per heavy atom. The first-order valence-corrected chi connectivity index (χ1v) is 6.76. The average molecular weight is 226 g/mol. The van der Waals surface area contributed by atoms with Gasteiger partial charge in [0, 0.05) is 18.8 Å². The summed E-state index contributed by atoms with van der Waals surface area (Å²) in [5.41, 5.74) is 0. The molecule has 3 rings (SSSR count). The van der Waals surface area contributed by atoms with Gasteiger partial charge >= 0.3 is 0 Å². The van der Waals surface area contributed by atoms with Gasteiger partial charge in [0.15, 0.2) is 5.79 Å². The highest BCUT2D eigenvalue weighted by Crippen LogP contribution is 2.44. The zero-order valence-electron chi connectivity index (χ0n) is 10.1. The Hall–Kier alpha value is -0.120. The van der Waals surface area contributed by atoms with E-state index in [1.165, 1.54) is 19.3 Å². The summed E-state index contributed by atoms with van der Waals surface area (Å²) in [6, 6.07) is 0. The Kier molecular flexibility index (Phi) is 2.94. The van der Waals surface area contributed by atoms with Crippen molar-refractivity contribution in [1.29, 1.82) is 0 Å². The van der Waals surface area contributed by atoms with E-state index in [-0.39, 0.29) is 18.0 Å². The van der Waals surface area contributed by atoms with E-state index in [1.807, 2.05) is 0 Å². The van der Waals surface area contributed by atoms with Crippen LogP contribution in [-0.2, 0) is 14.2 Å². The Morgan fingerprint density at radius 1 is 1.06 bits per heavy atom. The molecule has 1 spiro atoms. The topological polar surface area (TPSA) is 27.7 Å². The summed E-state index contributed by atoms with van der Waals surface area (Å²) in [5.74, 6) is 0.286. The first kappa shape index (κ1) is 11.0. The molecule has 3 fully saturated rings. The minimum absolute atomic E-state index is 0.191. The molecule has 16 heavy (non-hydrogen) atoms. The highest BCUT2D eigenvalue weighted by Gasteiger charge is 2.51. The second-order valence-electron chi connectivity index (χ2n) is 5.42. The molecule has 92 valence electrons. The molecule has 3 aliphatic rings. The van der Waals surface area contributed by atoms with Crippen LogP contribution in [0.15, 0.2) is 0 Å². The Labute approximate surface area is 97.4 Å². The first-order valence-electron chi connectivity index (χ1n) is 6.76. The van der Waals surface area contributed by atoms with Gasteiger partial charge in [-0.25, -0.2) is 0 Å². The molecular weight excluding hydrogens is 204 g/mol. The van der Waals surface area contributed by atoms with Crippen LogP contribution in [0.5, 0.6) is 0 Å². The molecule has 0 bridgehead atoms. The van der Waals surface area contributed by atoms with Crippen LogP contribution in [0, 0.1) is 5.92 Å². The zero-order valence-corrected chi connectivity index (χ0v) is 10.1. The smallest absolute Gasteiger partial charge is 0.169 e. The SMILES string of the molecule is CCC1COCC2OC3(CCCCC3)OC12. The maximum absolute atomic E-state index is 6.30. The summed E-state index contributed by atoms with van der Waals surface area (Å²) in [5, 5.41) is 0. The lowest BCUT2D eigenvalue weighted by molar-refractivity contribution is -0.195. The fourth-order valence-corrected chi connectivity index (χ4v) is 3.33. The predicted octanol–water partition coefficient (Wildman–Crippen LogP) is 2.49. The minimum Gasteiger partial charge on any atom is -0.378 e. The number of rotatable bonds is 1.